The van der Waals surface area contributed by atoms with Crippen LogP contribution in [0.2, 0.25) is 0 Å². The first-order chi connectivity index (χ1) is 6.56. The average molecular weight is 198 g/mol. The summed E-state index contributed by atoms with van der Waals surface area (Å²) in [4.78, 5) is 13.7. The van der Waals surface area contributed by atoms with Gasteiger partial charge in [0.1, 0.15) is 0 Å². The number of amides is 1. The van der Waals surface area contributed by atoms with E-state index in [1.165, 1.54) is 0 Å². The summed E-state index contributed by atoms with van der Waals surface area (Å²) in [7, 11) is 1.86. The summed E-state index contributed by atoms with van der Waals surface area (Å²) in [5.41, 5.74) is 0. The molecule has 1 N–H and O–H groups in total. The first kappa shape index (κ1) is 11.5. The molecule has 0 aliphatic carbocycles. The predicted molar refractivity (Wildman–Crippen MR) is 58.0 cm³/mol. The second-order valence-corrected chi connectivity index (χ2v) is 4.64. The van der Waals surface area contributed by atoms with Gasteiger partial charge in [-0.1, -0.05) is 20.8 Å². The summed E-state index contributed by atoms with van der Waals surface area (Å²) < 4.78 is 0. The van der Waals surface area contributed by atoms with E-state index in [1.54, 1.807) is 0 Å². The summed E-state index contributed by atoms with van der Waals surface area (Å²) in [5, 5.41) is 3.05. The molecule has 0 radical (unpaired) electrons. The quantitative estimate of drug-likeness (QED) is 0.733. The Bertz CT molecular complexity index is 203. The lowest BCUT2D eigenvalue weighted by Gasteiger charge is -2.23. The van der Waals surface area contributed by atoms with Crippen LogP contribution in [0.3, 0.4) is 0 Å². The van der Waals surface area contributed by atoms with Crippen LogP contribution in [0.15, 0.2) is 0 Å². The van der Waals surface area contributed by atoms with Crippen LogP contribution in [-0.2, 0) is 4.79 Å². The molecule has 1 rings (SSSR count). The van der Waals surface area contributed by atoms with Crippen molar-refractivity contribution in [1.29, 1.82) is 0 Å². The van der Waals surface area contributed by atoms with Crippen LogP contribution >= 0.6 is 0 Å². The molecule has 1 heterocycles. The highest BCUT2D eigenvalue weighted by atomic mass is 16.2. The largest absolute Gasteiger partial charge is 0.341 e. The van der Waals surface area contributed by atoms with E-state index in [9.17, 15) is 4.79 Å². The van der Waals surface area contributed by atoms with Crippen molar-refractivity contribution in [3.8, 4) is 0 Å². The van der Waals surface area contributed by atoms with Crippen molar-refractivity contribution in [2.75, 3.05) is 20.1 Å². The van der Waals surface area contributed by atoms with Crippen molar-refractivity contribution in [2.45, 2.75) is 33.2 Å². The third-order valence-corrected chi connectivity index (χ3v) is 3.29. The number of likely N-dealkylation sites (tertiary alicyclic amines) is 1. The van der Waals surface area contributed by atoms with Gasteiger partial charge in [0.2, 0.25) is 5.91 Å². The standard InChI is InChI=1S/C11H22N2O/c1-8(2)9(3)7-13-6-5-10(12-4)11(13)14/h8-10,12H,5-7H2,1-4H3. The number of likely N-dealkylation sites (N-methyl/N-ethyl adjacent to an activating group) is 1. The molecule has 1 aliphatic heterocycles. The predicted octanol–water partition coefficient (Wildman–Crippen LogP) is 1.10. The number of rotatable bonds is 4. The molecule has 1 fully saturated rings. The van der Waals surface area contributed by atoms with Gasteiger partial charge in [0, 0.05) is 13.1 Å². The van der Waals surface area contributed by atoms with E-state index in [2.05, 4.69) is 26.1 Å². The minimum atomic E-state index is 0.0642. The Morgan fingerprint density at radius 1 is 1.50 bits per heavy atom. The SMILES string of the molecule is CNC1CCN(CC(C)C(C)C)C1=O. The summed E-state index contributed by atoms with van der Waals surface area (Å²) in [6.45, 7) is 8.46. The normalized spacial score (nSPS) is 24.8. The van der Waals surface area contributed by atoms with Crippen LogP contribution in [0.1, 0.15) is 27.2 Å². The molecule has 0 aromatic carbocycles. The first-order valence-electron chi connectivity index (χ1n) is 5.52. The number of hydrogen-bond donors (Lipinski definition) is 1. The van der Waals surface area contributed by atoms with Crippen molar-refractivity contribution in [3.05, 3.63) is 0 Å². The summed E-state index contributed by atoms with van der Waals surface area (Å²) in [5.74, 6) is 1.52. The number of carbonyl (C=O) groups is 1. The van der Waals surface area contributed by atoms with Gasteiger partial charge in [-0.15, -0.1) is 0 Å². The molecule has 2 atom stereocenters. The van der Waals surface area contributed by atoms with Crippen LogP contribution in [0.4, 0.5) is 0 Å². The molecule has 1 saturated heterocycles. The fourth-order valence-electron chi connectivity index (χ4n) is 1.75. The Balaban J connectivity index is 2.44. The van der Waals surface area contributed by atoms with Gasteiger partial charge in [-0.2, -0.15) is 0 Å². The lowest BCUT2D eigenvalue weighted by Crippen LogP contribution is -2.38. The molecule has 0 saturated carbocycles. The monoisotopic (exact) mass is 198 g/mol. The van der Waals surface area contributed by atoms with Gasteiger partial charge in [-0.05, 0) is 25.3 Å². The van der Waals surface area contributed by atoms with E-state index in [0.717, 1.165) is 19.5 Å². The molecule has 0 spiro atoms. The zero-order chi connectivity index (χ0) is 10.7. The Hall–Kier alpha value is -0.570. The third kappa shape index (κ3) is 2.47. The second kappa shape index (κ2) is 4.78. The maximum absolute atomic E-state index is 11.8. The van der Waals surface area contributed by atoms with Crippen LogP contribution in [-0.4, -0.2) is 37.0 Å². The summed E-state index contributed by atoms with van der Waals surface area (Å²) in [6.07, 6.45) is 0.958. The smallest absolute Gasteiger partial charge is 0.239 e. The molecule has 0 aromatic heterocycles. The fraction of sp³-hybridized carbons (Fsp3) is 0.909. The molecule has 14 heavy (non-hydrogen) atoms. The van der Waals surface area contributed by atoms with E-state index in [0.29, 0.717) is 11.8 Å². The molecule has 1 amide bonds. The van der Waals surface area contributed by atoms with Gasteiger partial charge in [0.15, 0.2) is 0 Å². The second-order valence-electron chi connectivity index (χ2n) is 4.64. The summed E-state index contributed by atoms with van der Waals surface area (Å²) >= 11 is 0. The molecule has 82 valence electrons. The Kier molecular flexibility index (Phi) is 3.93. The fourth-order valence-corrected chi connectivity index (χ4v) is 1.75. The molecule has 3 nitrogen and oxygen atoms in total. The molecular formula is C11H22N2O. The maximum atomic E-state index is 11.8. The van der Waals surface area contributed by atoms with Crippen molar-refractivity contribution in [2.24, 2.45) is 11.8 Å². The minimum absolute atomic E-state index is 0.0642. The van der Waals surface area contributed by atoms with Gasteiger partial charge in [-0.3, -0.25) is 4.79 Å². The highest BCUT2D eigenvalue weighted by molar-refractivity contribution is 5.83. The summed E-state index contributed by atoms with van der Waals surface area (Å²) in [6, 6.07) is 0.0642. The Morgan fingerprint density at radius 2 is 2.14 bits per heavy atom. The highest BCUT2D eigenvalue weighted by Crippen LogP contribution is 2.17. The van der Waals surface area contributed by atoms with Crippen molar-refractivity contribution in [1.82, 2.24) is 10.2 Å². The van der Waals surface area contributed by atoms with Crippen molar-refractivity contribution < 1.29 is 4.79 Å². The highest BCUT2D eigenvalue weighted by Gasteiger charge is 2.31. The molecule has 0 aromatic rings. The van der Waals surface area contributed by atoms with Crippen LogP contribution in [0.25, 0.3) is 0 Å². The van der Waals surface area contributed by atoms with E-state index < -0.39 is 0 Å². The van der Waals surface area contributed by atoms with Gasteiger partial charge >= 0.3 is 0 Å². The van der Waals surface area contributed by atoms with Gasteiger partial charge in [0.05, 0.1) is 6.04 Å². The molecule has 3 heteroatoms. The lowest BCUT2D eigenvalue weighted by molar-refractivity contribution is -0.129. The maximum Gasteiger partial charge on any atom is 0.239 e. The van der Waals surface area contributed by atoms with Gasteiger partial charge < -0.3 is 10.2 Å². The average Bonchev–Trinajstić information content (AvgIpc) is 2.47. The van der Waals surface area contributed by atoms with E-state index >= 15 is 0 Å². The zero-order valence-corrected chi connectivity index (χ0v) is 9.71. The topological polar surface area (TPSA) is 32.3 Å². The zero-order valence-electron chi connectivity index (χ0n) is 9.71. The third-order valence-electron chi connectivity index (χ3n) is 3.29. The van der Waals surface area contributed by atoms with Crippen LogP contribution in [0.5, 0.6) is 0 Å². The number of carbonyl (C=O) groups excluding carboxylic acids is 1. The van der Waals surface area contributed by atoms with Crippen molar-refractivity contribution >= 4 is 5.91 Å². The Labute approximate surface area is 86.9 Å². The molecule has 0 bridgehead atoms. The number of nitrogens with one attached hydrogen (secondary N) is 1. The van der Waals surface area contributed by atoms with Crippen LogP contribution in [0, 0.1) is 11.8 Å². The Morgan fingerprint density at radius 3 is 2.57 bits per heavy atom. The van der Waals surface area contributed by atoms with E-state index in [4.69, 9.17) is 0 Å². The molecule has 1 aliphatic rings. The first-order valence-corrected chi connectivity index (χ1v) is 5.52. The lowest BCUT2D eigenvalue weighted by atomic mass is 9.98. The minimum Gasteiger partial charge on any atom is -0.341 e. The van der Waals surface area contributed by atoms with Crippen LogP contribution < -0.4 is 5.32 Å². The van der Waals surface area contributed by atoms with Gasteiger partial charge in [0.25, 0.3) is 0 Å². The van der Waals surface area contributed by atoms with E-state index in [-0.39, 0.29) is 11.9 Å². The van der Waals surface area contributed by atoms with Gasteiger partial charge in [-0.25, -0.2) is 0 Å². The molecule has 2 unspecified atom stereocenters. The number of hydrogen-bond acceptors (Lipinski definition) is 2. The molecular weight excluding hydrogens is 176 g/mol. The van der Waals surface area contributed by atoms with Crippen molar-refractivity contribution in [3.63, 3.8) is 0 Å². The number of nitrogens with zero attached hydrogens (tertiary/aromatic N) is 1. The van der Waals surface area contributed by atoms with E-state index in [1.807, 2.05) is 11.9 Å².